The first-order valence-electron chi connectivity index (χ1n) is 9.25. The molecule has 0 aromatic heterocycles. The molecule has 0 unspecified atom stereocenters. The van der Waals surface area contributed by atoms with Crippen molar-refractivity contribution in [3.63, 3.8) is 0 Å². The molecule has 2 aromatic carbocycles. The predicted octanol–water partition coefficient (Wildman–Crippen LogP) is 3.27. The minimum absolute atomic E-state index is 0.0438. The van der Waals surface area contributed by atoms with Gasteiger partial charge in [-0.05, 0) is 42.7 Å². The van der Waals surface area contributed by atoms with Crippen molar-refractivity contribution in [2.24, 2.45) is 0 Å². The summed E-state index contributed by atoms with van der Waals surface area (Å²) in [7, 11) is -3.51. The maximum atomic E-state index is 12.8. The molecule has 6 heteroatoms. The quantitative estimate of drug-likeness (QED) is 0.810. The third-order valence-corrected chi connectivity index (χ3v) is 6.92. The van der Waals surface area contributed by atoms with Gasteiger partial charge in [-0.3, -0.25) is 4.79 Å². The van der Waals surface area contributed by atoms with Crippen molar-refractivity contribution < 1.29 is 13.2 Å². The van der Waals surface area contributed by atoms with Crippen molar-refractivity contribution in [2.75, 3.05) is 26.2 Å². The minimum atomic E-state index is -3.51. The number of piperazine rings is 1. The first-order valence-corrected chi connectivity index (χ1v) is 10.7. The number of carbonyl (C=O) groups is 1. The fourth-order valence-electron chi connectivity index (χ4n) is 3.18. The number of benzene rings is 2. The third-order valence-electron chi connectivity index (χ3n) is 5.01. The van der Waals surface area contributed by atoms with Gasteiger partial charge in [0.05, 0.1) is 4.90 Å². The lowest BCUT2D eigenvalue weighted by molar-refractivity contribution is 0.0698. The van der Waals surface area contributed by atoms with E-state index < -0.39 is 10.0 Å². The molecule has 0 saturated carbocycles. The first-order chi connectivity index (χ1) is 12.8. The lowest BCUT2D eigenvalue weighted by Crippen LogP contribution is -2.50. The fraction of sp³-hybridized carbons (Fsp3) is 0.381. The summed E-state index contributed by atoms with van der Waals surface area (Å²) in [5, 5.41) is 0. The zero-order valence-corrected chi connectivity index (χ0v) is 16.9. The molecule has 0 spiro atoms. The number of aryl methyl sites for hydroxylation is 1. The van der Waals surface area contributed by atoms with Crippen LogP contribution in [0.1, 0.15) is 41.3 Å². The van der Waals surface area contributed by atoms with Crippen LogP contribution in [0, 0.1) is 6.92 Å². The molecule has 1 aliphatic heterocycles. The van der Waals surface area contributed by atoms with Crippen molar-refractivity contribution >= 4 is 15.9 Å². The molecule has 3 rings (SSSR count). The molecule has 1 heterocycles. The molecular formula is C21H26N2O3S. The highest BCUT2D eigenvalue weighted by molar-refractivity contribution is 7.89. The summed E-state index contributed by atoms with van der Waals surface area (Å²) in [5.41, 5.74) is 2.86. The molecule has 0 bridgehead atoms. The topological polar surface area (TPSA) is 57.7 Å². The molecule has 0 aliphatic carbocycles. The van der Waals surface area contributed by atoms with Gasteiger partial charge in [-0.15, -0.1) is 0 Å². The van der Waals surface area contributed by atoms with Crippen LogP contribution in [0.15, 0.2) is 53.4 Å². The molecule has 0 N–H and O–H groups in total. The van der Waals surface area contributed by atoms with Gasteiger partial charge in [-0.25, -0.2) is 8.42 Å². The number of hydrogen-bond donors (Lipinski definition) is 0. The third kappa shape index (κ3) is 4.22. The Bertz CT molecular complexity index is 895. The van der Waals surface area contributed by atoms with Crippen molar-refractivity contribution in [3.05, 3.63) is 65.2 Å². The van der Waals surface area contributed by atoms with E-state index in [1.807, 2.05) is 31.2 Å². The van der Waals surface area contributed by atoms with Crippen molar-refractivity contribution in [1.82, 2.24) is 9.21 Å². The van der Waals surface area contributed by atoms with E-state index in [0.29, 0.717) is 42.6 Å². The monoisotopic (exact) mass is 386 g/mol. The van der Waals surface area contributed by atoms with Gasteiger partial charge in [0.15, 0.2) is 0 Å². The summed E-state index contributed by atoms with van der Waals surface area (Å²) >= 11 is 0. The van der Waals surface area contributed by atoms with Crippen molar-refractivity contribution in [3.8, 4) is 0 Å². The second-order valence-electron chi connectivity index (χ2n) is 7.29. The second-order valence-corrected chi connectivity index (χ2v) is 9.22. The number of nitrogens with zero attached hydrogens (tertiary/aromatic N) is 2. The van der Waals surface area contributed by atoms with Crippen LogP contribution in [0.25, 0.3) is 0 Å². The van der Waals surface area contributed by atoms with Crippen LogP contribution >= 0.6 is 0 Å². The van der Waals surface area contributed by atoms with Crippen molar-refractivity contribution in [2.45, 2.75) is 31.6 Å². The van der Waals surface area contributed by atoms with E-state index in [-0.39, 0.29) is 5.91 Å². The number of rotatable bonds is 4. The highest BCUT2D eigenvalue weighted by Crippen LogP contribution is 2.20. The SMILES string of the molecule is Cc1ccc(S(=O)(=O)N2CCN(C(=O)c3ccc(C(C)C)cc3)CC2)cc1. The minimum Gasteiger partial charge on any atom is -0.336 e. The van der Waals surface area contributed by atoms with Crippen LogP contribution in [0.3, 0.4) is 0 Å². The van der Waals surface area contributed by atoms with E-state index >= 15 is 0 Å². The van der Waals surface area contributed by atoms with Crippen LogP contribution in [0.2, 0.25) is 0 Å². The Labute approximate surface area is 161 Å². The molecule has 1 saturated heterocycles. The van der Waals surface area contributed by atoms with E-state index in [0.717, 1.165) is 5.56 Å². The number of amides is 1. The Balaban J connectivity index is 1.66. The number of carbonyl (C=O) groups excluding carboxylic acids is 1. The average Bonchev–Trinajstić information content (AvgIpc) is 2.68. The Morgan fingerprint density at radius 2 is 1.44 bits per heavy atom. The zero-order chi connectivity index (χ0) is 19.6. The van der Waals surface area contributed by atoms with E-state index in [9.17, 15) is 13.2 Å². The van der Waals surface area contributed by atoms with Gasteiger partial charge in [0.1, 0.15) is 0 Å². The molecule has 2 aromatic rings. The summed E-state index contributed by atoms with van der Waals surface area (Å²) in [6.45, 7) is 7.58. The molecule has 0 atom stereocenters. The van der Waals surface area contributed by atoms with Gasteiger partial charge < -0.3 is 4.90 Å². The van der Waals surface area contributed by atoms with Gasteiger partial charge in [-0.1, -0.05) is 43.7 Å². The summed E-state index contributed by atoms with van der Waals surface area (Å²) < 4.78 is 27.0. The largest absolute Gasteiger partial charge is 0.336 e. The molecule has 144 valence electrons. The molecule has 1 fully saturated rings. The second kappa shape index (κ2) is 7.82. The van der Waals surface area contributed by atoms with E-state index in [1.54, 1.807) is 29.2 Å². The maximum Gasteiger partial charge on any atom is 0.253 e. The Kier molecular flexibility index (Phi) is 5.67. The van der Waals surface area contributed by atoms with Crippen LogP contribution in [0.4, 0.5) is 0 Å². The molecule has 27 heavy (non-hydrogen) atoms. The normalized spacial score (nSPS) is 15.9. The lowest BCUT2D eigenvalue weighted by Gasteiger charge is -2.34. The Morgan fingerprint density at radius 1 is 0.889 bits per heavy atom. The van der Waals surface area contributed by atoms with Crippen LogP contribution in [-0.2, 0) is 10.0 Å². The van der Waals surface area contributed by atoms with Crippen LogP contribution in [0.5, 0.6) is 0 Å². The van der Waals surface area contributed by atoms with E-state index in [1.165, 1.54) is 9.87 Å². The lowest BCUT2D eigenvalue weighted by atomic mass is 10.0. The van der Waals surface area contributed by atoms with Gasteiger partial charge in [0, 0.05) is 31.7 Å². The first kappa shape index (κ1) is 19.6. The van der Waals surface area contributed by atoms with E-state index in [4.69, 9.17) is 0 Å². The van der Waals surface area contributed by atoms with Gasteiger partial charge in [-0.2, -0.15) is 4.31 Å². The fourth-order valence-corrected chi connectivity index (χ4v) is 4.61. The molecule has 5 nitrogen and oxygen atoms in total. The summed E-state index contributed by atoms with van der Waals surface area (Å²) in [6.07, 6.45) is 0. The summed E-state index contributed by atoms with van der Waals surface area (Å²) in [5.74, 6) is 0.377. The van der Waals surface area contributed by atoms with Crippen LogP contribution < -0.4 is 0 Å². The predicted molar refractivity (Wildman–Crippen MR) is 106 cm³/mol. The summed E-state index contributed by atoms with van der Waals surface area (Å²) in [4.78, 5) is 14.7. The van der Waals surface area contributed by atoms with Gasteiger partial charge in [0.25, 0.3) is 5.91 Å². The number of sulfonamides is 1. The van der Waals surface area contributed by atoms with Gasteiger partial charge in [0.2, 0.25) is 10.0 Å². The smallest absolute Gasteiger partial charge is 0.253 e. The summed E-state index contributed by atoms with van der Waals surface area (Å²) in [6, 6.07) is 14.5. The van der Waals surface area contributed by atoms with Gasteiger partial charge >= 0.3 is 0 Å². The van der Waals surface area contributed by atoms with E-state index in [2.05, 4.69) is 13.8 Å². The molecule has 1 aliphatic rings. The highest BCUT2D eigenvalue weighted by Gasteiger charge is 2.30. The molecular weight excluding hydrogens is 360 g/mol. The standard InChI is InChI=1S/C21H26N2O3S/c1-16(2)18-6-8-19(9-7-18)21(24)22-12-14-23(15-13-22)27(25,26)20-10-4-17(3)5-11-20/h4-11,16H,12-15H2,1-3H3. The van der Waals surface area contributed by atoms with Crippen molar-refractivity contribution in [1.29, 1.82) is 0 Å². The molecule has 1 amide bonds. The Morgan fingerprint density at radius 3 is 1.96 bits per heavy atom. The maximum absolute atomic E-state index is 12.8. The average molecular weight is 387 g/mol. The van der Waals surface area contributed by atoms with Crippen LogP contribution in [-0.4, -0.2) is 49.7 Å². The highest BCUT2D eigenvalue weighted by atomic mass is 32.2. The molecule has 0 radical (unpaired) electrons. The Hall–Kier alpha value is -2.18. The zero-order valence-electron chi connectivity index (χ0n) is 16.1. The number of hydrogen-bond acceptors (Lipinski definition) is 3.